The van der Waals surface area contributed by atoms with Crippen molar-refractivity contribution in [1.82, 2.24) is 20.2 Å². The fourth-order valence-corrected chi connectivity index (χ4v) is 1.74. The van der Waals surface area contributed by atoms with Crippen molar-refractivity contribution in [2.75, 3.05) is 19.5 Å². The summed E-state index contributed by atoms with van der Waals surface area (Å²) in [6, 6.07) is 0. The van der Waals surface area contributed by atoms with Crippen LogP contribution in [0.2, 0.25) is 0 Å². The molecule has 0 aliphatic rings. The number of rotatable bonds is 5. The summed E-state index contributed by atoms with van der Waals surface area (Å²) >= 11 is 1.41. The average molecular weight is 253 g/mol. The molecule has 0 spiro atoms. The minimum Gasteiger partial charge on any atom is -0.481 e. The molecule has 17 heavy (non-hydrogen) atoms. The van der Waals surface area contributed by atoms with E-state index in [4.69, 9.17) is 9.47 Å². The van der Waals surface area contributed by atoms with Gasteiger partial charge in [0, 0.05) is 0 Å². The van der Waals surface area contributed by atoms with E-state index in [0.717, 1.165) is 10.7 Å². The van der Waals surface area contributed by atoms with Gasteiger partial charge in [-0.3, -0.25) is 0 Å². The van der Waals surface area contributed by atoms with Crippen LogP contribution >= 0.6 is 11.3 Å². The lowest BCUT2D eigenvalue weighted by atomic mass is 10.3. The zero-order chi connectivity index (χ0) is 12.1. The van der Waals surface area contributed by atoms with Crippen LogP contribution in [0.4, 0.5) is 5.13 Å². The second kappa shape index (κ2) is 5.39. The van der Waals surface area contributed by atoms with Crippen LogP contribution in [0.5, 0.6) is 11.8 Å². The number of ether oxygens (including phenoxy) is 2. The molecule has 0 amide bonds. The van der Waals surface area contributed by atoms with Gasteiger partial charge in [-0.2, -0.15) is 0 Å². The highest BCUT2D eigenvalue weighted by atomic mass is 32.1. The molecular formula is C9H11N5O2S. The molecule has 0 aliphatic carbocycles. The van der Waals surface area contributed by atoms with Gasteiger partial charge >= 0.3 is 0 Å². The highest BCUT2D eigenvalue weighted by Gasteiger charge is 2.12. The summed E-state index contributed by atoms with van der Waals surface area (Å²) in [4.78, 5) is 8.04. The number of hydrogen-bond acceptors (Lipinski definition) is 8. The molecule has 0 bridgehead atoms. The first kappa shape index (κ1) is 11.5. The number of hydrogen-bond donors (Lipinski definition) is 1. The molecule has 2 aromatic heterocycles. The fraction of sp³-hybridized carbons (Fsp3) is 0.333. The molecule has 0 fully saturated rings. The number of nitrogens with zero attached hydrogens (tertiary/aromatic N) is 4. The molecule has 0 saturated carbocycles. The lowest BCUT2D eigenvalue weighted by Crippen LogP contribution is -2.06. The Hall–Kier alpha value is -1.96. The molecule has 0 atom stereocenters. The maximum atomic E-state index is 5.15. The van der Waals surface area contributed by atoms with Crippen molar-refractivity contribution >= 4 is 16.5 Å². The topological polar surface area (TPSA) is 82.1 Å². The van der Waals surface area contributed by atoms with E-state index in [1.165, 1.54) is 17.7 Å². The summed E-state index contributed by atoms with van der Waals surface area (Å²) in [6.07, 6.45) is 1.39. The van der Waals surface area contributed by atoms with Gasteiger partial charge in [0.2, 0.25) is 16.9 Å². The van der Waals surface area contributed by atoms with Crippen molar-refractivity contribution in [2.45, 2.75) is 6.54 Å². The third kappa shape index (κ3) is 2.59. The van der Waals surface area contributed by atoms with Crippen LogP contribution in [0.3, 0.4) is 0 Å². The fourth-order valence-electron chi connectivity index (χ4n) is 1.30. The maximum absolute atomic E-state index is 5.15. The molecule has 90 valence electrons. The normalized spacial score (nSPS) is 10.0. The predicted octanol–water partition coefficient (Wildman–Crippen LogP) is 0.957. The van der Waals surface area contributed by atoms with E-state index < -0.39 is 0 Å². The number of anilines is 1. The second-order valence-corrected chi connectivity index (χ2v) is 3.80. The molecule has 0 unspecified atom stereocenters. The highest BCUT2D eigenvalue weighted by molar-refractivity contribution is 7.13. The van der Waals surface area contributed by atoms with Crippen LogP contribution in [-0.4, -0.2) is 34.4 Å². The van der Waals surface area contributed by atoms with E-state index in [0.29, 0.717) is 18.3 Å². The predicted molar refractivity (Wildman–Crippen MR) is 62.4 cm³/mol. The van der Waals surface area contributed by atoms with Crippen molar-refractivity contribution in [3.05, 3.63) is 17.4 Å². The Morgan fingerprint density at radius 3 is 2.47 bits per heavy atom. The Balaban J connectivity index is 2.18. The van der Waals surface area contributed by atoms with Crippen LogP contribution < -0.4 is 14.8 Å². The maximum Gasteiger partial charge on any atom is 0.225 e. The molecule has 8 heteroatoms. The Labute approximate surface area is 102 Å². The molecule has 7 nitrogen and oxygen atoms in total. The van der Waals surface area contributed by atoms with Gasteiger partial charge in [0.05, 0.1) is 26.3 Å². The first-order valence-electron chi connectivity index (χ1n) is 4.77. The lowest BCUT2D eigenvalue weighted by molar-refractivity contribution is 0.363. The smallest absolute Gasteiger partial charge is 0.225 e. The third-order valence-electron chi connectivity index (χ3n) is 2.03. The van der Waals surface area contributed by atoms with E-state index in [2.05, 4.69) is 25.5 Å². The van der Waals surface area contributed by atoms with Gasteiger partial charge in [0.25, 0.3) is 0 Å². The molecule has 2 rings (SSSR count). The van der Waals surface area contributed by atoms with Crippen molar-refractivity contribution in [3.63, 3.8) is 0 Å². The lowest BCUT2D eigenvalue weighted by Gasteiger charge is -2.10. The highest BCUT2D eigenvalue weighted by Crippen LogP contribution is 2.24. The molecular weight excluding hydrogens is 242 g/mol. The zero-order valence-electron chi connectivity index (χ0n) is 9.38. The van der Waals surface area contributed by atoms with E-state index in [1.807, 2.05) is 0 Å². The van der Waals surface area contributed by atoms with Crippen LogP contribution in [0, 0.1) is 0 Å². The Bertz CT molecular complexity index is 454. The Morgan fingerprint density at radius 2 is 1.94 bits per heavy atom. The molecule has 2 heterocycles. The van der Waals surface area contributed by atoms with Crippen molar-refractivity contribution in [1.29, 1.82) is 0 Å². The summed E-state index contributed by atoms with van der Waals surface area (Å²) in [7, 11) is 3.10. The molecule has 0 aromatic carbocycles. The third-order valence-corrected chi connectivity index (χ3v) is 2.68. The van der Waals surface area contributed by atoms with Crippen molar-refractivity contribution in [2.24, 2.45) is 0 Å². The minimum atomic E-state index is 0.461. The van der Waals surface area contributed by atoms with Crippen LogP contribution in [0.1, 0.15) is 5.56 Å². The van der Waals surface area contributed by atoms with Gasteiger partial charge in [-0.1, -0.05) is 11.3 Å². The van der Waals surface area contributed by atoms with Crippen LogP contribution in [0.25, 0.3) is 0 Å². The summed E-state index contributed by atoms with van der Waals surface area (Å²) in [6.45, 7) is 0.461. The van der Waals surface area contributed by atoms with Gasteiger partial charge in [-0.05, 0) is 0 Å². The summed E-state index contributed by atoms with van der Waals surface area (Å²) in [5, 5.41) is 11.4. The van der Waals surface area contributed by atoms with Crippen LogP contribution in [0.15, 0.2) is 11.8 Å². The number of aromatic nitrogens is 4. The van der Waals surface area contributed by atoms with Crippen molar-refractivity contribution in [3.8, 4) is 11.8 Å². The quantitative estimate of drug-likeness (QED) is 0.849. The Morgan fingerprint density at radius 1 is 1.24 bits per heavy atom. The number of methoxy groups -OCH3 is 2. The second-order valence-electron chi connectivity index (χ2n) is 2.97. The first-order chi connectivity index (χ1) is 8.35. The van der Waals surface area contributed by atoms with E-state index >= 15 is 0 Å². The van der Waals surface area contributed by atoms with Gasteiger partial charge in [-0.15, -0.1) is 10.2 Å². The van der Waals surface area contributed by atoms with Gasteiger partial charge in [-0.25, -0.2) is 9.97 Å². The summed E-state index contributed by atoms with van der Waals surface area (Å²) in [5.74, 6) is 0.961. The molecule has 1 N–H and O–H groups in total. The van der Waals surface area contributed by atoms with E-state index in [-0.39, 0.29) is 0 Å². The number of nitrogens with one attached hydrogen (secondary N) is 1. The monoisotopic (exact) mass is 253 g/mol. The molecule has 0 saturated heterocycles. The largest absolute Gasteiger partial charge is 0.481 e. The van der Waals surface area contributed by atoms with Crippen LogP contribution in [-0.2, 0) is 6.54 Å². The summed E-state index contributed by atoms with van der Waals surface area (Å²) in [5.41, 5.74) is 2.39. The standard InChI is InChI=1S/C9H11N5O2S/c1-15-7-6(8(16-2)12-4-11-7)3-10-9-14-13-5-17-9/h4-5H,3H2,1-2H3,(H,10,14). The molecule has 2 aromatic rings. The van der Waals surface area contributed by atoms with Gasteiger partial charge in [0.1, 0.15) is 11.8 Å². The first-order valence-corrected chi connectivity index (χ1v) is 5.65. The Kier molecular flexibility index (Phi) is 3.66. The molecule has 0 radical (unpaired) electrons. The van der Waals surface area contributed by atoms with Gasteiger partial charge < -0.3 is 14.8 Å². The zero-order valence-corrected chi connectivity index (χ0v) is 10.2. The van der Waals surface area contributed by atoms with E-state index in [9.17, 15) is 0 Å². The van der Waals surface area contributed by atoms with Gasteiger partial charge in [0.15, 0.2) is 0 Å². The van der Waals surface area contributed by atoms with Crippen molar-refractivity contribution < 1.29 is 9.47 Å². The summed E-state index contributed by atoms with van der Waals surface area (Å²) < 4.78 is 10.3. The minimum absolute atomic E-state index is 0.461. The average Bonchev–Trinajstić information content (AvgIpc) is 2.88. The van der Waals surface area contributed by atoms with E-state index in [1.54, 1.807) is 19.7 Å². The molecule has 0 aliphatic heterocycles. The SMILES string of the molecule is COc1ncnc(OC)c1CNc1nncs1.